The number of hydrogen-bond acceptors (Lipinski definition) is 5. The molecule has 2 aliphatic heterocycles. The normalized spacial score (nSPS) is 17.8. The Kier molecular flexibility index (Phi) is 5.91. The van der Waals surface area contributed by atoms with Crippen molar-refractivity contribution in [3.8, 4) is 11.5 Å². The number of methoxy groups -OCH3 is 1. The van der Waals surface area contributed by atoms with Crippen LogP contribution in [0.4, 0.5) is 13.2 Å². The first kappa shape index (κ1) is 21.2. The van der Waals surface area contributed by atoms with Crippen LogP contribution in [-0.4, -0.2) is 56.7 Å². The lowest BCUT2D eigenvalue weighted by Crippen LogP contribution is -2.30. The molecule has 0 aliphatic carbocycles. The smallest absolute Gasteiger partial charge is 0.343 e. The Hall–Kier alpha value is -3.00. The molecule has 0 saturated carbocycles. The largest absolute Gasteiger partial charge is 0.489 e. The SMILES string of the molecule is COC(=O)COc1ccc2c(c1)C(c1ccc(F)cc1)=C(CN1CCC(F)(F)C1)CO2. The molecule has 2 aromatic carbocycles. The van der Waals surface area contributed by atoms with E-state index in [2.05, 4.69) is 4.74 Å². The highest BCUT2D eigenvalue weighted by Gasteiger charge is 2.38. The van der Waals surface area contributed by atoms with Crippen LogP contribution in [0.1, 0.15) is 17.5 Å². The molecule has 31 heavy (non-hydrogen) atoms. The van der Waals surface area contributed by atoms with E-state index in [0.717, 1.165) is 16.7 Å². The Morgan fingerprint density at radius 3 is 2.65 bits per heavy atom. The molecule has 5 nitrogen and oxygen atoms in total. The number of fused-ring (bicyclic) bond motifs is 1. The van der Waals surface area contributed by atoms with Crippen molar-refractivity contribution in [2.24, 2.45) is 0 Å². The number of ether oxygens (including phenoxy) is 3. The summed E-state index contributed by atoms with van der Waals surface area (Å²) >= 11 is 0. The van der Waals surface area contributed by atoms with E-state index >= 15 is 0 Å². The number of nitrogens with zero attached hydrogens (tertiary/aromatic N) is 1. The van der Waals surface area contributed by atoms with E-state index in [9.17, 15) is 18.0 Å². The van der Waals surface area contributed by atoms with Gasteiger partial charge in [-0.05, 0) is 47.0 Å². The summed E-state index contributed by atoms with van der Waals surface area (Å²) in [6.45, 7) is 0.297. The summed E-state index contributed by atoms with van der Waals surface area (Å²) in [7, 11) is 1.27. The Balaban J connectivity index is 1.71. The molecule has 0 aromatic heterocycles. The van der Waals surface area contributed by atoms with Crippen LogP contribution in [0.25, 0.3) is 5.57 Å². The van der Waals surface area contributed by atoms with Crippen LogP contribution in [0.5, 0.6) is 11.5 Å². The van der Waals surface area contributed by atoms with Gasteiger partial charge < -0.3 is 14.2 Å². The summed E-state index contributed by atoms with van der Waals surface area (Å²) in [4.78, 5) is 13.1. The highest BCUT2D eigenvalue weighted by atomic mass is 19.3. The van der Waals surface area contributed by atoms with Gasteiger partial charge in [0.05, 0.1) is 13.7 Å². The van der Waals surface area contributed by atoms with E-state index in [1.54, 1.807) is 35.2 Å². The zero-order valence-corrected chi connectivity index (χ0v) is 17.0. The Labute approximate surface area is 178 Å². The second kappa shape index (κ2) is 8.63. The second-order valence-corrected chi connectivity index (χ2v) is 7.61. The average molecular weight is 433 g/mol. The standard InChI is InChI=1S/C23H22F3NO4/c1-29-21(28)13-30-18-6-7-20-19(10-18)22(15-2-4-17(24)5-3-15)16(12-31-20)11-27-9-8-23(25,26)14-27/h2-7,10H,8-9,11-14H2,1H3. The summed E-state index contributed by atoms with van der Waals surface area (Å²) in [5.41, 5.74) is 3.06. The molecule has 2 aromatic rings. The summed E-state index contributed by atoms with van der Waals surface area (Å²) in [6, 6.07) is 11.2. The first-order chi connectivity index (χ1) is 14.8. The van der Waals surface area contributed by atoms with E-state index in [1.807, 2.05) is 0 Å². The number of alkyl halides is 2. The van der Waals surface area contributed by atoms with Gasteiger partial charge in [0, 0.05) is 25.1 Å². The van der Waals surface area contributed by atoms with E-state index in [1.165, 1.54) is 19.2 Å². The van der Waals surface area contributed by atoms with Crippen molar-refractivity contribution >= 4 is 11.5 Å². The third-order valence-corrected chi connectivity index (χ3v) is 5.36. The highest BCUT2D eigenvalue weighted by Crippen LogP contribution is 2.40. The summed E-state index contributed by atoms with van der Waals surface area (Å²) in [6.07, 6.45) is -0.172. The van der Waals surface area contributed by atoms with Gasteiger partial charge in [0.1, 0.15) is 23.9 Å². The Morgan fingerprint density at radius 1 is 1.19 bits per heavy atom. The van der Waals surface area contributed by atoms with Crippen molar-refractivity contribution in [1.82, 2.24) is 4.90 Å². The molecule has 0 unspecified atom stereocenters. The van der Waals surface area contributed by atoms with Crippen molar-refractivity contribution < 1.29 is 32.2 Å². The maximum absolute atomic E-state index is 13.7. The molecular formula is C23H22F3NO4. The van der Waals surface area contributed by atoms with Crippen molar-refractivity contribution in [2.45, 2.75) is 12.3 Å². The molecule has 2 aliphatic rings. The van der Waals surface area contributed by atoms with E-state index in [4.69, 9.17) is 9.47 Å². The van der Waals surface area contributed by atoms with Gasteiger partial charge in [-0.25, -0.2) is 18.0 Å². The topological polar surface area (TPSA) is 48.0 Å². The summed E-state index contributed by atoms with van der Waals surface area (Å²) < 4.78 is 56.9. The van der Waals surface area contributed by atoms with Gasteiger partial charge in [-0.3, -0.25) is 4.90 Å². The van der Waals surface area contributed by atoms with Crippen LogP contribution >= 0.6 is 0 Å². The fourth-order valence-corrected chi connectivity index (χ4v) is 3.86. The number of halogens is 3. The van der Waals surface area contributed by atoms with Gasteiger partial charge in [0.25, 0.3) is 5.92 Å². The van der Waals surface area contributed by atoms with E-state index in [0.29, 0.717) is 30.2 Å². The monoisotopic (exact) mass is 433 g/mol. The molecule has 164 valence electrons. The number of esters is 1. The maximum Gasteiger partial charge on any atom is 0.343 e. The minimum Gasteiger partial charge on any atom is -0.489 e. The molecule has 0 bridgehead atoms. The fourth-order valence-electron chi connectivity index (χ4n) is 3.86. The van der Waals surface area contributed by atoms with Crippen molar-refractivity contribution in [3.05, 3.63) is 65.0 Å². The molecule has 2 heterocycles. The minimum atomic E-state index is -2.70. The van der Waals surface area contributed by atoms with Crippen LogP contribution in [0.2, 0.25) is 0 Å². The molecule has 0 N–H and O–H groups in total. The van der Waals surface area contributed by atoms with Crippen LogP contribution in [0, 0.1) is 5.82 Å². The van der Waals surface area contributed by atoms with Gasteiger partial charge in [0.2, 0.25) is 0 Å². The third kappa shape index (κ3) is 4.85. The Bertz CT molecular complexity index is 1000. The van der Waals surface area contributed by atoms with Crippen molar-refractivity contribution in [1.29, 1.82) is 0 Å². The van der Waals surface area contributed by atoms with Gasteiger partial charge in [0.15, 0.2) is 6.61 Å². The maximum atomic E-state index is 13.7. The lowest BCUT2D eigenvalue weighted by molar-refractivity contribution is -0.142. The predicted molar refractivity (Wildman–Crippen MR) is 108 cm³/mol. The van der Waals surface area contributed by atoms with Gasteiger partial charge >= 0.3 is 5.97 Å². The molecule has 0 spiro atoms. The van der Waals surface area contributed by atoms with Crippen LogP contribution < -0.4 is 9.47 Å². The van der Waals surface area contributed by atoms with Crippen LogP contribution in [0.3, 0.4) is 0 Å². The van der Waals surface area contributed by atoms with Gasteiger partial charge in [-0.15, -0.1) is 0 Å². The third-order valence-electron chi connectivity index (χ3n) is 5.36. The van der Waals surface area contributed by atoms with Crippen LogP contribution in [-0.2, 0) is 9.53 Å². The molecule has 0 atom stereocenters. The second-order valence-electron chi connectivity index (χ2n) is 7.61. The summed E-state index contributed by atoms with van der Waals surface area (Å²) in [5, 5.41) is 0. The fraction of sp³-hybridized carbons (Fsp3) is 0.348. The quantitative estimate of drug-likeness (QED) is 0.647. The first-order valence-corrected chi connectivity index (χ1v) is 9.89. The minimum absolute atomic E-state index is 0.172. The summed E-state index contributed by atoms with van der Waals surface area (Å²) in [5.74, 6) is -2.55. The lowest BCUT2D eigenvalue weighted by atomic mass is 9.90. The van der Waals surface area contributed by atoms with Gasteiger partial charge in [-0.2, -0.15) is 0 Å². The number of hydrogen-bond donors (Lipinski definition) is 0. The molecule has 1 fully saturated rings. The average Bonchev–Trinajstić information content (AvgIpc) is 3.10. The molecule has 4 rings (SSSR count). The number of rotatable bonds is 6. The zero-order chi connectivity index (χ0) is 22.0. The number of carbonyl (C=O) groups is 1. The van der Waals surface area contributed by atoms with E-state index < -0.39 is 11.9 Å². The molecular weight excluding hydrogens is 411 g/mol. The molecule has 0 amide bonds. The lowest BCUT2D eigenvalue weighted by Gasteiger charge is -2.28. The van der Waals surface area contributed by atoms with Gasteiger partial charge in [-0.1, -0.05) is 12.1 Å². The van der Waals surface area contributed by atoms with Crippen molar-refractivity contribution in [3.63, 3.8) is 0 Å². The highest BCUT2D eigenvalue weighted by molar-refractivity contribution is 5.87. The van der Waals surface area contributed by atoms with Crippen molar-refractivity contribution in [2.75, 3.05) is 40.0 Å². The molecule has 0 radical (unpaired) electrons. The van der Waals surface area contributed by atoms with Crippen LogP contribution in [0.15, 0.2) is 48.0 Å². The van der Waals surface area contributed by atoms with E-state index in [-0.39, 0.29) is 32.0 Å². The number of benzene rings is 2. The Morgan fingerprint density at radius 2 is 1.97 bits per heavy atom. The zero-order valence-electron chi connectivity index (χ0n) is 17.0. The number of likely N-dealkylation sites (tertiary alicyclic amines) is 1. The molecule has 1 saturated heterocycles. The molecule has 8 heteroatoms. The number of carbonyl (C=O) groups excluding carboxylic acids is 1. The first-order valence-electron chi connectivity index (χ1n) is 9.89. The predicted octanol–water partition coefficient (Wildman–Crippen LogP) is 3.91.